The molecule has 3 aromatic rings. The molecule has 2 aromatic heterocycles. The summed E-state index contributed by atoms with van der Waals surface area (Å²) < 4.78 is 16.9. The Hall–Kier alpha value is -3.01. The SMILES string of the molecule is CCOC(=O)c1c(NC(=O)C[n+]2ccc3ccccc3c2)sc(C(=O)OCCOC)c1C.[Cl-]. The van der Waals surface area contributed by atoms with Crippen LogP contribution in [0.25, 0.3) is 10.8 Å². The third kappa shape index (κ3) is 6.50. The Kier molecular flexibility index (Phi) is 9.77. The van der Waals surface area contributed by atoms with Gasteiger partial charge in [-0.05, 0) is 30.9 Å². The highest BCUT2D eigenvalue weighted by Gasteiger charge is 2.28. The van der Waals surface area contributed by atoms with E-state index < -0.39 is 11.9 Å². The minimum Gasteiger partial charge on any atom is -1.00 e. The number of thiophene rings is 1. The number of rotatable bonds is 9. The number of hydrogen-bond acceptors (Lipinski definition) is 7. The lowest BCUT2D eigenvalue weighted by Gasteiger charge is -2.06. The molecule has 0 fully saturated rings. The quantitative estimate of drug-likeness (QED) is 0.259. The van der Waals surface area contributed by atoms with Crippen LogP contribution in [0.15, 0.2) is 42.7 Å². The molecule has 2 heterocycles. The molecule has 0 aliphatic rings. The van der Waals surface area contributed by atoms with Crippen LogP contribution in [0, 0.1) is 6.92 Å². The molecule has 0 radical (unpaired) electrons. The molecule has 0 unspecified atom stereocenters. The van der Waals surface area contributed by atoms with Gasteiger partial charge in [-0.3, -0.25) is 4.79 Å². The molecule has 33 heavy (non-hydrogen) atoms. The van der Waals surface area contributed by atoms with Gasteiger partial charge in [0, 0.05) is 18.6 Å². The fourth-order valence-corrected chi connectivity index (χ4v) is 4.24. The molecule has 0 saturated carbocycles. The van der Waals surface area contributed by atoms with Crippen molar-refractivity contribution in [3.63, 3.8) is 0 Å². The van der Waals surface area contributed by atoms with Crippen LogP contribution in [0.1, 0.15) is 32.5 Å². The molecular weight excluding hydrogens is 468 g/mol. The van der Waals surface area contributed by atoms with Gasteiger partial charge in [-0.1, -0.05) is 18.2 Å². The van der Waals surface area contributed by atoms with Crippen LogP contribution in [0.3, 0.4) is 0 Å². The van der Waals surface area contributed by atoms with Crippen LogP contribution >= 0.6 is 11.3 Å². The Labute approximate surface area is 201 Å². The maximum absolute atomic E-state index is 12.7. The van der Waals surface area contributed by atoms with Crippen molar-refractivity contribution < 1.29 is 45.6 Å². The minimum absolute atomic E-state index is 0. The Bertz CT molecular complexity index is 1150. The number of hydrogen-bond donors (Lipinski definition) is 1. The smallest absolute Gasteiger partial charge is 0.348 e. The van der Waals surface area contributed by atoms with E-state index >= 15 is 0 Å². The standard InChI is InChI=1S/C23H24N2O6S.ClH/c1-4-30-22(27)19-15(2)20(23(28)31-12-11-29-3)32-21(19)24-18(26)14-25-10-9-16-7-5-6-8-17(16)13-25;/h5-10,13H,4,11-12,14H2,1-3H3;1H. The Morgan fingerprint density at radius 3 is 2.45 bits per heavy atom. The van der Waals surface area contributed by atoms with Gasteiger partial charge in [0.15, 0.2) is 12.4 Å². The topological polar surface area (TPSA) is 94.8 Å². The third-order valence-electron chi connectivity index (χ3n) is 4.66. The number of nitrogens with one attached hydrogen (secondary N) is 1. The fourth-order valence-electron chi connectivity index (χ4n) is 3.14. The number of fused-ring (bicyclic) bond motifs is 1. The number of carbonyl (C=O) groups is 3. The summed E-state index contributed by atoms with van der Waals surface area (Å²) in [5, 5.41) is 5.08. The lowest BCUT2D eigenvalue weighted by atomic mass is 10.1. The molecule has 3 rings (SSSR count). The van der Waals surface area contributed by atoms with Gasteiger partial charge in [-0.25, -0.2) is 9.59 Å². The largest absolute Gasteiger partial charge is 1.00 e. The number of ether oxygens (including phenoxy) is 3. The first-order valence-electron chi connectivity index (χ1n) is 10.1. The van der Waals surface area contributed by atoms with Crippen molar-refractivity contribution >= 4 is 45.0 Å². The van der Waals surface area contributed by atoms with E-state index in [4.69, 9.17) is 14.2 Å². The van der Waals surface area contributed by atoms with Crippen LogP contribution in [0.2, 0.25) is 0 Å². The Morgan fingerprint density at radius 2 is 1.76 bits per heavy atom. The van der Waals surface area contributed by atoms with E-state index in [1.54, 1.807) is 18.4 Å². The molecule has 0 saturated heterocycles. The van der Waals surface area contributed by atoms with Crippen molar-refractivity contribution in [2.24, 2.45) is 0 Å². The van der Waals surface area contributed by atoms with Gasteiger partial charge in [-0.2, -0.15) is 4.57 Å². The Morgan fingerprint density at radius 1 is 1.03 bits per heavy atom. The van der Waals surface area contributed by atoms with Crippen LogP contribution in [-0.4, -0.2) is 44.8 Å². The van der Waals surface area contributed by atoms with E-state index in [0.29, 0.717) is 5.56 Å². The minimum atomic E-state index is -0.606. The second-order valence-electron chi connectivity index (χ2n) is 6.90. The van der Waals surface area contributed by atoms with E-state index in [-0.39, 0.29) is 60.1 Å². The van der Waals surface area contributed by atoms with Crippen molar-refractivity contribution in [2.75, 3.05) is 32.2 Å². The normalized spacial score (nSPS) is 10.4. The highest BCUT2D eigenvalue weighted by atomic mass is 35.5. The molecule has 0 spiro atoms. The van der Waals surface area contributed by atoms with Gasteiger partial charge >= 0.3 is 11.9 Å². The molecule has 0 atom stereocenters. The summed E-state index contributed by atoms with van der Waals surface area (Å²) in [6, 6.07) is 9.77. The van der Waals surface area contributed by atoms with E-state index in [0.717, 1.165) is 22.1 Å². The van der Waals surface area contributed by atoms with E-state index in [1.165, 1.54) is 7.11 Å². The number of methoxy groups -OCH3 is 1. The molecule has 0 aliphatic heterocycles. The van der Waals surface area contributed by atoms with Crippen LogP contribution in [0.4, 0.5) is 5.00 Å². The number of amides is 1. The van der Waals surface area contributed by atoms with Crippen LogP contribution in [0.5, 0.6) is 0 Å². The van der Waals surface area contributed by atoms with Gasteiger partial charge in [0.05, 0.1) is 18.8 Å². The van der Waals surface area contributed by atoms with Gasteiger partial charge in [-0.15, -0.1) is 11.3 Å². The molecule has 176 valence electrons. The molecule has 1 N–H and O–H groups in total. The number of anilines is 1. The summed E-state index contributed by atoms with van der Waals surface area (Å²) in [6.07, 6.45) is 3.69. The summed E-state index contributed by atoms with van der Waals surface area (Å²) >= 11 is 0.991. The molecule has 1 aromatic carbocycles. The highest BCUT2D eigenvalue weighted by molar-refractivity contribution is 7.18. The van der Waals surface area contributed by atoms with Gasteiger partial charge in [0.25, 0.3) is 5.91 Å². The second-order valence-corrected chi connectivity index (χ2v) is 7.92. The predicted molar refractivity (Wildman–Crippen MR) is 120 cm³/mol. The van der Waals surface area contributed by atoms with Crippen molar-refractivity contribution in [3.8, 4) is 0 Å². The summed E-state index contributed by atoms with van der Waals surface area (Å²) in [5.74, 6) is -1.53. The number of benzene rings is 1. The summed E-state index contributed by atoms with van der Waals surface area (Å²) in [4.78, 5) is 38.0. The lowest BCUT2D eigenvalue weighted by molar-refractivity contribution is -0.682. The zero-order valence-electron chi connectivity index (χ0n) is 18.6. The highest BCUT2D eigenvalue weighted by Crippen LogP contribution is 2.34. The number of esters is 2. The zero-order chi connectivity index (χ0) is 23.1. The maximum atomic E-state index is 12.7. The third-order valence-corrected chi connectivity index (χ3v) is 5.85. The fraction of sp³-hybridized carbons (Fsp3) is 0.304. The monoisotopic (exact) mass is 492 g/mol. The number of carbonyl (C=O) groups excluding carboxylic acids is 3. The first kappa shape index (κ1) is 26.2. The van der Waals surface area contributed by atoms with Crippen molar-refractivity contribution in [1.82, 2.24) is 0 Å². The average molecular weight is 493 g/mol. The first-order chi connectivity index (χ1) is 15.4. The molecule has 1 amide bonds. The molecule has 8 nitrogen and oxygen atoms in total. The average Bonchev–Trinajstić information content (AvgIpc) is 3.09. The van der Waals surface area contributed by atoms with E-state index in [1.807, 2.05) is 42.7 Å². The second kappa shape index (κ2) is 12.3. The molecule has 0 bridgehead atoms. The van der Waals surface area contributed by atoms with Crippen molar-refractivity contribution in [2.45, 2.75) is 20.4 Å². The maximum Gasteiger partial charge on any atom is 0.348 e. The number of nitrogens with zero attached hydrogens (tertiary/aromatic N) is 1. The molecular formula is C23H25ClN2O6S. The number of pyridine rings is 1. The van der Waals surface area contributed by atoms with Gasteiger partial charge in [0.1, 0.15) is 16.5 Å². The first-order valence-corrected chi connectivity index (χ1v) is 10.9. The lowest BCUT2D eigenvalue weighted by Crippen LogP contribution is -3.00. The summed E-state index contributed by atoms with van der Waals surface area (Å²) in [5.41, 5.74) is 0.567. The summed E-state index contributed by atoms with van der Waals surface area (Å²) in [6.45, 7) is 3.87. The molecule has 10 heteroatoms. The predicted octanol–water partition coefficient (Wildman–Crippen LogP) is 0.120. The molecule has 0 aliphatic carbocycles. The van der Waals surface area contributed by atoms with Gasteiger partial charge in [0.2, 0.25) is 6.54 Å². The van der Waals surface area contributed by atoms with E-state index in [2.05, 4.69) is 5.32 Å². The van der Waals surface area contributed by atoms with Gasteiger partial charge < -0.3 is 31.9 Å². The van der Waals surface area contributed by atoms with Crippen molar-refractivity contribution in [1.29, 1.82) is 0 Å². The zero-order valence-corrected chi connectivity index (χ0v) is 20.1. The summed E-state index contributed by atoms with van der Waals surface area (Å²) in [7, 11) is 1.50. The Balaban J connectivity index is 0.00000385. The number of halogens is 1. The van der Waals surface area contributed by atoms with E-state index in [9.17, 15) is 14.4 Å². The number of aromatic nitrogens is 1. The van der Waals surface area contributed by atoms with Crippen molar-refractivity contribution in [3.05, 3.63) is 58.7 Å². The van der Waals surface area contributed by atoms with Crippen LogP contribution in [-0.2, 0) is 25.5 Å². The van der Waals surface area contributed by atoms with Crippen LogP contribution < -0.4 is 22.3 Å².